The summed E-state index contributed by atoms with van der Waals surface area (Å²) in [6, 6.07) is 0. The lowest BCUT2D eigenvalue weighted by Gasteiger charge is -2.35. The van der Waals surface area contributed by atoms with Gasteiger partial charge in [0, 0.05) is 29.0 Å². The molecule has 114 valence electrons. The van der Waals surface area contributed by atoms with Crippen molar-refractivity contribution < 1.29 is 8.42 Å². The summed E-state index contributed by atoms with van der Waals surface area (Å²) in [5.41, 5.74) is -0.135. The fourth-order valence-corrected chi connectivity index (χ4v) is 6.96. The number of aryl methyl sites for hydroxylation is 1. The molecule has 20 heavy (non-hydrogen) atoms. The molecule has 5 nitrogen and oxygen atoms in total. The molecule has 1 fully saturated rings. The van der Waals surface area contributed by atoms with E-state index in [4.69, 9.17) is 0 Å². The van der Waals surface area contributed by atoms with Gasteiger partial charge in [-0.25, -0.2) is 13.4 Å². The summed E-state index contributed by atoms with van der Waals surface area (Å²) < 4.78 is 25.4. The fraction of sp³-hybridized carbons (Fsp3) is 0.833. The summed E-state index contributed by atoms with van der Waals surface area (Å²) in [6.45, 7) is 2.81. The maximum Gasteiger partial charge on any atom is 0.150 e. The van der Waals surface area contributed by atoms with Crippen LogP contribution < -0.4 is 0 Å². The number of hydrogen-bond donors (Lipinski definition) is 0. The molecule has 0 radical (unpaired) electrons. The molecule has 2 heterocycles. The molecule has 0 aromatic carbocycles. The van der Waals surface area contributed by atoms with E-state index < -0.39 is 9.84 Å². The highest BCUT2D eigenvalue weighted by molar-refractivity contribution is 9.09. The van der Waals surface area contributed by atoms with Crippen molar-refractivity contribution in [1.29, 1.82) is 0 Å². The van der Waals surface area contributed by atoms with Gasteiger partial charge in [0.1, 0.15) is 12.2 Å². The van der Waals surface area contributed by atoms with E-state index >= 15 is 0 Å². The topological polar surface area (TPSA) is 64.8 Å². The number of halogens is 2. The highest BCUT2D eigenvalue weighted by atomic mass is 79.9. The van der Waals surface area contributed by atoms with E-state index in [1.807, 2.05) is 11.6 Å². The normalized spacial score (nSPS) is 22.2. The first-order valence-electron chi connectivity index (χ1n) is 6.65. The Kier molecular flexibility index (Phi) is 5.29. The lowest BCUT2D eigenvalue weighted by molar-refractivity contribution is 0.244. The zero-order chi connectivity index (χ0) is 14.8. The first-order chi connectivity index (χ1) is 9.46. The minimum atomic E-state index is -2.88. The minimum Gasteiger partial charge on any atom is -0.250 e. The molecule has 0 aliphatic carbocycles. The van der Waals surface area contributed by atoms with Crippen LogP contribution >= 0.6 is 31.9 Å². The van der Waals surface area contributed by atoms with Gasteiger partial charge in [-0.05, 0) is 19.3 Å². The van der Waals surface area contributed by atoms with Crippen LogP contribution in [0.1, 0.15) is 19.2 Å². The van der Waals surface area contributed by atoms with Gasteiger partial charge in [-0.3, -0.25) is 4.68 Å². The molecule has 2 rings (SSSR count). The number of rotatable bonds is 6. The van der Waals surface area contributed by atoms with E-state index in [1.165, 1.54) is 0 Å². The molecular formula is C12H19Br2N3O2S. The lowest BCUT2D eigenvalue weighted by Crippen LogP contribution is -2.38. The van der Waals surface area contributed by atoms with Gasteiger partial charge in [0.15, 0.2) is 9.84 Å². The van der Waals surface area contributed by atoms with Crippen LogP contribution in [0, 0.1) is 11.3 Å². The van der Waals surface area contributed by atoms with Gasteiger partial charge in [0.25, 0.3) is 0 Å². The molecule has 0 bridgehead atoms. The SMILES string of the molecule is CCn1ncnc1CC(CBr)(CBr)C1CCS(=O)(=O)C1. The van der Waals surface area contributed by atoms with Crippen LogP contribution in [0.5, 0.6) is 0 Å². The van der Waals surface area contributed by atoms with E-state index in [9.17, 15) is 8.42 Å². The summed E-state index contributed by atoms with van der Waals surface area (Å²) in [5.74, 6) is 1.67. The Morgan fingerprint density at radius 1 is 1.45 bits per heavy atom. The molecular weight excluding hydrogens is 410 g/mol. The van der Waals surface area contributed by atoms with E-state index in [0.29, 0.717) is 5.75 Å². The number of aromatic nitrogens is 3. The van der Waals surface area contributed by atoms with E-state index in [-0.39, 0.29) is 17.1 Å². The molecule has 1 unspecified atom stereocenters. The minimum absolute atomic E-state index is 0.135. The number of sulfone groups is 1. The predicted molar refractivity (Wildman–Crippen MR) is 86.2 cm³/mol. The molecule has 8 heteroatoms. The van der Waals surface area contributed by atoms with Gasteiger partial charge in [0.05, 0.1) is 11.5 Å². The second kappa shape index (κ2) is 6.44. The smallest absolute Gasteiger partial charge is 0.150 e. The Bertz CT molecular complexity index is 555. The van der Waals surface area contributed by atoms with Crippen molar-refractivity contribution in [2.24, 2.45) is 11.3 Å². The van der Waals surface area contributed by atoms with Crippen LogP contribution in [0.2, 0.25) is 0 Å². The largest absolute Gasteiger partial charge is 0.250 e. The molecule has 1 aliphatic rings. The Morgan fingerprint density at radius 3 is 2.65 bits per heavy atom. The number of hydrogen-bond acceptors (Lipinski definition) is 4. The van der Waals surface area contributed by atoms with E-state index in [1.54, 1.807) is 6.33 Å². The van der Waals surface area contributed by atoms with Crippen molar-refractivity contribution in [2.75, 3.05) is 22.2 Å². The third kappa shape index (κ3) is 3.27. The highest BCUT2D eigenvalue weighted by Crippen LogP contribution is 2.41. The standard InChI is InChI=1S/C12H19Br2N3O2S/c1-2-17-11(15-9-16-17)5-12(7-13,8-14)10-3-4-20(18,19)6-10/h9-10H,2-8H2,1H3. The zero-order valence-corrected chi connectivity index (χ0v) is 15.4. The van der Waals surface area contributed by atoms with Crippen molar-refractivity contribution >= 4 is 41.7 Å². The molecule has 1 aliphatic heterocycles. The highest BCUT2D eigenvalue weighted by Gasteiger charge is 2.44. The van der Waals surface area contributed by atoms with Crippen molar-refractivity contribution in [2.45, 2.75) is 26.3 Å². The fourth-order valence-electron chi connectivity index (χ4n) is 2.77. The molecule has 1 saturated heterocycles. The van der Waals surface area contributed by atoms with Crippen LogP contribution in [0.25, 0.3) is 0 Å². The lowest BCUT2D eigenvalue weighted by atomic mass is 9.75. The van der Waals surface area contributed by atoms with Crippen LogP contribution in [-0.4, -0.2) is 45.3 Å². The summed E-state index contributed by atoms with van der Waals surface area (Å²) in [6.07, 6.45) is 3.04. The van der Waals surface area contributed by atoms with Gasteiger partial charge < -0.3 is 0 Å². The van der Waals surface area contributed by atoms with Crippen LogP contribution in [0.15, 0.2) is 6.33 Å². The van der Waals surface area contributed by atoms with Gasteiger partial charge in [0.2, 0.25) is 0 Å². The second-order valence-corrected chi connectivity index (χ2v) is 8.75. The number of alkyl halides is 2. The second-order valence-electron chi connectivity index (χ2n) is 5.40. The maximum atomic E-state index is 11.8. The Balaban J connectivity index is 2.26. The summed E-state index contributed by atoms with van der Waals surface area (Å²) in [5, 5.41) is 5.70. The van der Waals surface area contributed by atoms with Gasteiger partial charge in [-0.2, -0.15) is 5.10 Å². The van der Waals surface area contributed by atoms with E-state index in [0.717, 1.165) is 35.9 Å². The molecule has 1 atom stereocenters. The average Bonchev–Trinajstić information content (AvgIpc) is 3.02. The Labute approximate surface area is 136 Å². The van der Waals surface area contributed by atoms with Crippen molar-refractivity contribution in [3.05, 3.63) is 12.2 Å². The number of nitrogens with zero attached hydrogens (tertiary/aromatic N) is 3. The molecule has 1 aromatic rings. The Hall–Kier alpha value is 0.0500. The molecule has 0 N–H and O–H groups in total. The maximum absolute atomic E-state index is 11.8. The monoisotopic (exact) mass is 427 g/mol. The zero-order valence-electron chi connectivity index (χ0n) is 11.4. The first kappa shape index (κ1) is 16.4. The summed E-state index contributed by atoms with van der Waals surface area (Å²) in [7, 11) is -2.88. The van der Waals surface area contributed by atoms with Gasteiger partial charge in [-0.1, -0.05) is 31.9 Å². The van der Waals surface area contributed by atoms with Crippen LogP contribution in [0.4, 0.5) is 0 Å². The third-order valence-corrected chi connectivity index (χ3v) is 8.14. The molecule has 1 aromatic heterocycles. The summed E-state index contributed by atoms with van der Waals surface area (Å²) >= 11 is 7.18. The first-order valence-corrected chi connectivity index (χ1v) is 10.7. The molecule has 0 amide bonds. The Morgan fingerprint density at radius 2 is 2.15 bits per heavy atom. The van der Waals surface area contributed by atoms with Gasteiger partial charge in [-0.15, -0.1) is 0 Å². The van der Waals surface area contributed by atoms with Crippen molar-refractivity contribution in [1.82, 2.24) is 14.8 Å². The summed E-state index contributed by atoms with van der Waals surface area (Å²) in [4.78, 5) is 4.34. The average molecular weight is 429 g/mol. The van der Waals surface area contributed by atoms with Crippen molar-refractivity contribution in [3.63, 3.8) is 0 Å². The molecule has 0 spiro atoms. The van der Waals surface area contributed by atoms with Crippen LogP contribution in [-0.2, 0) is 22.8 Å². The molecule has 0 saturated carbocycles. The van der Waals surface area contributed by atoms with E-state index in [2.05, 4.69) is 41.9 Å². The van der Waals surface area contributed by atoms with Crippen LogP contribution in [0.3, 0.4) is 0 Å². The van der Waals surface area contributed by atoms with Crippen molar-refractivity contribution in [3.8, 4) is 0 Å². The third-order valence-electron chi connectivity index (χ3n) is 4.14. The quantitative estimate of drug-likeness (QED) is 0.650. The predicted octanol–water partition coefficient (Wildman–Crippen LogP) is 2.05. The van der Waals surface area contributed by atoms with Gasteiger partial charge >= 0.3 is 0 Å².